The second-order valence-corrected chi connectivity index (χ2v) is 5.12. The zero-order chi connectivity index (χ0) is 14.4. The molecule has 0 fully saturated rings. The number of aliphatic hydroxyl groups is 1. The minimum Gasteiger partial charge on any atom is -0.390 e. The summed E-state index contributed by atoms with van der Waals surface area (Å²) in [4.78, 5) is 19.3. The van der Waals surface area contributed by atoms with Gasteiger partial charge in [0.05, 0.1) is 12.3 Å². The third-order valence-electron chi connectivity index (χ3n) is 3.84. The molecule has 0 radical (unpaired) electrons. The molecule has 0 saturated heterocycles. The van der Waals surface area contributed by atoms with Crippen molar-refractivity contribution in [3.8, 4) is 11.1 Å². The van der Waals surface area contributed by atoms with Gasteiger partial charge in [-0.25, -0.2) is 4.98 Å². The third-order valence-corrected chi connectivity index (χ3v) is 3.84. The van der Waals surface area contributed by atoms with Crippen molar-refractivity contribution in [2.24, 2.45) is 0 Å². The van der Waals surface area contributed by atoms with E-state index in [4.69, 9.17) is 5.11 Å². The summed E-state index contributed by atoms with van der Waals surface area (Å²) in [5.74, 6) is -0.0342. The van der Waals surface area contributed by atoms with E-state index in [9.17, 15) is 4.79 Å². The van der Waals surface area contributed by atoms with E-state index in [0.717, 1.165) is 28.7 Å². The van der Waals surface area contributed by atoms with Crippen LogP contribution in [0.1, 0.15) is 16.2 Å². The number of carbonyl (C=O) groups excluding carboxylic acids is 1. The first-order chi connectivity index (χ1) is 10.3. The Labute approximate surface area is 120 Å². The van der Waals surface area contributed by atoms with Crippen molar-refractivity contribution in [2.75, 3.05) is 6.54 Å². The Morgan fingerprint density at radius 3 is 3.10 bits per heavy atom. The predicted molar refractivity (Wildman–Crippen MR) is 77.8 cm³/mol. The van der Waals surface area contributed by atoms with E-state index < -0.39 is 0 Å². The lowest BCUT2D eigenvalue weighted by Crippen LogP contribution is -2.34. The van der Waals surface area contributed by atoms with Gasteiger partial charge in [-0.1, -0.05) is 0 Å². The van der Waals surface area contributed by atoms with Gasteiger partial charge in [-0.3, -0.25) is 4.79 Å². The molecular formula is C15H14N4O2. The molecule has 0 spiro atoms. The Morgan fingerprint density at radius 1 is 1.38 bits per heavy atom. The molecule has 4 heterocycles. The van der Waals surface area contributed by atoms with Crippen LogP contribution in [0, 0.1) is 0 Å². The fraction of sp³-hybridized carbons (Fsp3) is 0.200. The van der Waals surface area contributed by atoms with E-state index in [1.165, 1.54) is 0 Å². The van der Waals surface area contributed by atoms with Crippen LogP contribution < -0.4 is 5.32 Å². The largest absolute Gasteiger partial charge is 0.390 e. The summed E-state index contributed by atoms with van der Waals surface area (Å²) in [6.45, 7) is 1.37. The van der Waals surface area contributed by atoms with Crippen LogP contribution in [-0.4, -0.2) is 32.1 Å². The number of hydrogen-bond acceptors (Lipinski definition) is 3. The highest BCUT2D eigenvalue weighted by atomic mass is 16.3. The normalized spacial score (nSPS) is 14.2. The Bertz CT molecular complexity index is 847. The quantitative estimate of drug-likeness (QED) is 0.662. The Kier molecular flexibility index (Phi) is 2.58. The number of pyridine rings is 1. The number of carbonyl (C=O) groups is 1. The lowest BCUT2D eigenvalue weighted by atomic mass is 10.1. The molecular weight excluding hydrogens is 268 g/mol. The van der Waals surface area contributed by atoms with Crippen LogP contribution in [0.2, 0.25) is 0 Å². The lowest BCUT2D eigenvalue weighted by molar-refractivity contribution is 0.0928. The van der Waals surface area contributed by atoms with Gasteiger partial charge in [0.15, 0.2) is 0 Å². The van der Waals surface area contributed by atoms with Gasteiger partial charge >= 0.3 is 0 Å². The second-order valence-electron chi connectivity index (χ2n) is 5.12. The Balaban J connectivity index is 1.85. The molecule has 6 nitrogen and oxygen atoms in total. The number of aromatic amines is 1. The maximum absolute atomic E-state index is 11.8. The molecule has 0 bridgehead atoms. The van der Waals surface area contributed by atoms with E-state index in [0.29, 0.717) is 17.9 Å². The average Bonchev–Trinajstić information content (AvgIpc) is 3.10. The standard InChI is InChI=1S/C15H14N4O2/c20-8-10-1-2-11-12(6-17-14(11)18-10)9-5-13-15(21)16-3-4-19(13)7-9/h1-2,5-7,20H,3-4,8H2,(H,16,21)(H,17,18). The van der Waals surface area contributed by atoms with Crippen LogP contribution >= 0.6 is 0 Å². The summed E-state index contributed by atoms with van der Waals surface area (Å²) < 4.78 is 1.97. The van der Waals surface area contributed by atoms with E-state index in [-0.39, 0.29) is 12.5 Å². The summed E-state index contributed by atoms with van der Waals surface area (Å²) in [6.07, 6.45) is 3.88. The number of H-pyrrole nitrogens is 1. The fourth-order valence-electron chi connectivity index (χ4n) is 2.79. The predicted octanol–water partition coefficient (Wildman–Crippen LogP) is 1.27. The van der Waals surface area contributed by atoms with Crippen LogP contribution in [0.25, 0.3) is 22.2 Å². The molecule has 3 N–H and O–H groups in total. The molecule has 0 atom stereocenters. The smallest absolute Gasteiger partial charge is 0.267 e. The van der Waals surface area contributed by atoms with Gasteiger partial charge in [-0.15, -0.1) is 0 Å². The summed E-state index contributed by atoms with van der Waals surface area (Å²) in [6, 6.07) is 5.65. The van der Waals surface area contributed by atoms with E-state index in [1.54, 1.807) is 0 Å². The van der Waals surface area contributed by atoms with Crippen molar-refractivity contribution in [1.29, 1.82) is 0 Å². The number of amides is 1. The van der Waals surface area contributed by atoms with Crippen molar-refractivity contribution in [2.45, 2.75) is 13.2 Å². The fourth-order valence-corrected chi connectivity index (χ4v) is 2.79. The number of hydrogen-bond donors (Lipinski definition) is 3. The van der Waals surface area contributed by atoms with Crippen LogP contribution in [0.4, 0.5) is 0 Å². The van der Waals surface area contributed by atoms with Crippen LogP contribution in [0.5, 0.6) is 0 Å². The summed E-state index contributed by atoms with van der Waals surface area (Å²) in [5, 5.41) is 13.0. The molecule has 0 unspecified atom stereocenters. The van der Waals surface area contributed by atoms with Crippen molar-refractivity contribution in [3.05, 3.63) is 42.0 Å². The van der Waals surface area contributed by atoms with Crippen molar-refractivity contribution >= 4 is 16.9 Å². The van der Waals surface area contributed by atoms with E-state index in [1.807, 2.05) is 35.2 Å². The highest BCUT2D eigenvalue weighted by Crippen LogP contribution is 2.30. The van der Waals surface area contributed by atoms with Gasteiger partial charge in [-0.2, -0.15) is 0 Å². The number of nitrogens with zero attached hydrogens (tertiary/aromatic N) is 2. The maximum atomic E-state index is 11.8. The Hall–Kier alpha value is -2.60. The highest BCUT2D eigenvalue weighted by Gasteiger charge is 2.19. The Morgan fingerprint density at radius 2 is 2.29 bits per heavy atom. The number of rotatable bonds is 2. The van der Waals surface area contributed by atoms with Crippen molar-refractivity contribution in [3.63, 3.8) is 0 Å². The summed E-state index contributed by atoms with van der Waals surface area (Å²) in [7, 11) is 0. The van der Waals surface area contributed by atoms with Gasteiger partial charge in [-0.05, 0) is 18.2 Å². The maximum Gasteiger partial charge on any atom is 0.267 e. The monoisotopic (exact) mass is 282 g/mol. The van der Waals surface area contributed by atoms with E-state index in [2.05, 4.69) is 15.3 Å². The first-order valence-corrected chi connectivity index (χ1v) is 6.83. The highest BCUT2D eigenvalue weighted by molar-refractivity contribution is 5.98. The van der Waals surface area contributed by atoms with Gasteiger partial charge in [0.1, 0.15) is 11.3 Å². The second kappa shape index (κ2) is 4.46. The van der Waals surface area contributed by atoms with Crippen LogP contribution in [0.3, 0.4) is 0 Å². The average molecular weight is 282 g/mol. The minimum atomic E-state index is -0.0784. The molecule has 3 aromatic rings. The number of fused-ring (bicyclic) bond motifs is 2. The van der Waals surface area contributed by atoms with Gasteiger partial charge in [0.2, 0.25) is 0 Å². The SMILES string of the molecule is O=C1NCCn2cc(-c3c[nH]c4nc(CO)ccc34)cc21. The van der Waals surface area contributed by atoms with Crippen LogP contribution in [-0.2, 0) is 13.2 Å². The van der Waals surface area contributed by atoms with Crippen LogP contribution in [0.15, 0.2) is 30.6 Å². The topological polar surface area (TPSA) is 82.9 Å². The van der Waals surface area contributed by atoms with Gasteiger partial charge in [0, 0.05) is 42.0 Å². The zero-order valence-electron chi connectivity index (χ0n) is 11.3. The van der Waals surface area contributed by atoms with Crippen molar-refractivity contribution < 1.29 is 9.90 Å². The number of aliphatic hydroxyl groups excluding tert-OH is 1. The molecule has 6 heteroatoms. The van der Waals surface area contributed by atoms with Gasteiger partial charge < -0.3 is 20.0 Å². The minimum absolute atomic E-state index is 0.0342. The first-order valence-electron chi connectivity index (χ1n) is 6.83. The zero-order valence-corrected chi connectivity index (χ0v) is 11.3. The molecule has 106 valence electrons. The number of nitrogens with one attached hydrogen (secondary N) is 2. The molecule has 0 aliphatic carbocycles. The van der Waals surface area contributed by atoms with E-state index >= 15 is 0 Å². The molecule has 21 heavy (non-hydrogen) atoms. The number of aromatic nitrogens is 3. The first kappa shape index (κ1) is 12.2. The molecule has 0 aromatic carbocycles. The molecule has 1 aliphatic rings. The van der Waals surface area contributed by atoms with Crippen molar-refractivity contribution in [1.82, 2.24) is 19.9 Å². The molecule has 1 amide bonds. The molecule has 3 aromatic heterocycles. The molecule has 1 aliphatic heterocycles. The molecule has 4 rings (SSSR count). The summed E-state index contributed by atoms with van der Waals surface area (Å²) >= 11 is 0. The lowest BCUT2D eigenvalue weighted by Gasteiger charge is -2.14. The van der Waals surface area contributed by atoms with Gasteiger partial charge in [0.25, 0.3) is 5.91 Å². The molecule has 0 saturated carbocycles. The third kappa shape index (κ3) is 1.84. The summed E-state index contributed by atoms with van der Waals surface area (Å²) in [5.41, 5.74) is 4.06.